The molecule has 2 fully saturated rings. The first kappa shape index (κ1) is 17.0. The van der Waals surface area contributed by atoms with E-state index in [1.54, 1.807) is 12.3 Å². The van der Waals surface area contributed by atoms with Gasteiger partial charge in [-0.25, -0.2) is 4.98 Å². The van der Waals surface area contributed by atoms with Crippen molar-refractivity contribution in [3.05, 3.63) is 36.3 Å². The van der Waals surface area contributed by atoms with Crippen LogP contribution >= 0.6 is 0 Å². The van der Waals surface area contributed by atoms with E-state index in [1.165, 1.54) is 0 Å². The summed E-state index contributed by atoms with van der Waals surface area (Å²) in [5.41, 5.74) is 1.13. The lowest BCUT2D eigenvalue weighted by atomic mass is 10.1. The van der Waals surface area contributed by atoms with Crippen molar-refractivity contribution in [3.63, 3.8) is 0 Å². The van der Waals surface area contributed by atoms with Crippen LogP contribution in [0.1, 0.15) is 29.4 Å². The maximum absolute atomic E-state index is 12.7. The molecule has 2 aliphatic rings. The van der Waals surface area contributed by atoms with Crippen molar-refractivity contribution in [2.45, 2.75) is 18.9 Å². The molecule has 2 aromatic heterocycles. The number of morpholine rings is 1. The van der Waals surface area contributed by atoms with Crippen LogP contribution in [0.2, 0.25) is 0 Å². The second-order valence-corrected chi connectivity index (χ2v) is 6.61. The Balaban J connectivity index is 1.47. The van der Waals surface area contributed by atoms with Crippen molar-refractivity contribution in [1.82, 2.24) is 20.1 Å². The van der Waals surface area contributed by atoms with E-state index in [4.69, 9.17) is 4.74 Å². The second kappa shape index (κ2) is 7.84. The van der Waals surface area contributed by atoms with Gasteiger partial charge in [0.1, 0.15) is 0 Å². The lowest BCUT2D eigenvalue weighted by Gasteiger charge is -2.29. The van der Waals surface area contributed by atoms with Crippen molar-refractivity contribution < 1.29 is 9.53 Å². The maximum atomic E-state index is 12.7. The number of carbonyl (C=O) groups is 1. The van der Waals surface area contributed by atoms with Crippen LogP contribution in [0, 0.1) is 0 Å². The molecule has 0 saturated carbocycles. The number of nitrogens with one attached hydrogen (secondary N) is 2. The molecule has 4 rings (SSSR count). The summed E-state index contributed by atoms with van der Waals surface area (Å²) in [5.74, 6) is 0.565. The van der Waals surface area contributed by atoms with Crippen LogP contribution < -0.4 is 15.5 Å². The van der Waals surface area contributed by atoms with Crippen LogP contribution in [-0.2, 0) is 4.74 Å². The Morgan fingerprint density at radius 2 is 2.19 bits per heavy atom. The van der Waals surface area contributed by atoms with Gasteiger partial charge >= 0.3 is 0 Å². The number of hydrogen-bond acceptors (Lipinski definition) is 6. The van der Waals surface area contributed by atoms with Gasteiger partial charge in [0.15, 0.2) is 11.5 Å². The number of ether oxygens (including phenoxy) is 1. The highest BCUT2D eigenvalue weighted by atomic mass is 16.5. The van der Waals surface area contributed by atoms with Gasteiger partial charge in [0.2, 0.25) is 0 Å². The molecule has 1 unspecified atom stereocenters. The number of pyridine rings is 1. The quantitative estimate of drug-likeness (QED) is 0.859. The molecule has 1 amide bonds. The number of carbonyl (C=O) groups excluding carboxylic acids is 1. The Labute approximate surface area is 152 Å². The minimum absolute atomic E-state index is 0.213. The Morgan fingerprint density at radius 3 is 3.00 bits per heavy atom. The summed E-state index contributed by atoms with van der Waals surface area (Å²) in [5, 5.41) is 10.8. The van der Waals surface area contributed by atoms with E-state index < -0.39 is 0 Å². The number of rotatable bonds is 4. The van der Waals surface area contributed by atoms with E-state index in [0.29, 0.717) is 30.6 Å². The van der Waals surface area contributed by atoms with Gasteiger partial charge in [0.25, 0.3) is 5.91 Å². The third-order valence-electron chi connectivity index (χ3n) is 4.83. The predicted molar refractivity (Wildman–Crippen MR) is 98.6 cm³/mol. The largest absolute Gasteiger partial charge is 0.378 e. The van der Waals surface area contributed by atoms with Gasteiger partial charge in [-0.2, -0.15) is 5.10 Å². The van der Waals surface area contributed by atoms with E-state index in [0.717, 1.165) is 44.8 Å². The molecule has 1 atom stereocenters. The molecule has 8 heteroatoms. The number of nitrogens with zero attached hydrogens (tertiary/aromatic N) is 4. The summed E-state index contributed by atoms with van der Waals surface area (Å²) >= 11 is 0. The first-order valence-electron chi connectivity index (χ1n) is 9.16. The van der Waals surface area contributed by atoms with Crippen molar-refractivity contribution in [2.75, 3.05) is 49.6 Å². The zero-order chi connectivity index (χ0) is 17.8. The molecular weight excluding hydrogens is 332 g/mol. The highest BCUT2D eigenvalue weighted by molar-refractivity contribution is 6.04. The Hall–Kier alpha value is -2.45. The van der Waals surface area contributed by atoms with Gasteiger partial charge in [0, 0.05) is 32.0 Å². The molecule has 0 bridgehead atoms. The molecule has 0 aromatic carbocycles. The first-order chi connectivity index (χ1) is 12.8. The summed E-state index contributed by atoms with van der Waals surface area (Å²) in [6.07, 6.45) is 5.84. The summed E-state index contributed by atoms with van der Waals surface area (Å²) in [4.78, 5) is 19.3. The minimum Gasteiger partial charge on any atom is -0.378 e. The smallest absolute Gasteiger partial charge is 0.276 e. The zero-order valence-corrected chi connectivity index (χ0v) is 14.7. The highest BCUT2D eigenvalue weighted by Gasteiger charge is 2.20. The van der Waals surface area contributed by atoms with Crippen LogP contribution in [0.15, 0.2) is 30.6 Å². The highest BCUT2D eigenvalue weighted by Crippen LogP contribution is 2.24. The first-order valence-corrected chi connectivity index (χ1v) is 9.16. The van der Waals surface area contributed by atoms with E-state index in [2.05, 4.69) is 25.6 Å². The molecule has 2 aliphatic heterocycles. The van der Waals surface area contributed by atoms with Crippen LogP contribution in [0.25, 0.3) is 0 Å². The lowest BCUT2D eigenvalue weighted by molar-refractivity contribution is 0.102. The van der Waals surface area contributed by atoms with E-state index in [1.807, 2.05) is 23.0 Å². The summed E-state index contributed by atoms with van der Waals surface area (Å²) in [6, 6.07) is 5.78. The van der Waals surface area contributed by atoms with E-state index in [-0.39, 0.29) is 5.91 Å². The van der Waals surface area contributed by atoms with E-state index >= 15 is 0 Å². The average molecular weight is 356 g/mol. The zero-order valence-electron chi connectivity index (χ0n) is 14.7. The Morgan fingerprint density at radius 1 is 1.31 bits per heavy atom. The fraction of sp³-hybridized carbons (Fsp3) is 0.500. The van der Waals surface area contributed by atoms with Crippen molar-refractivity contribution in [1.29, 1.82) is 0 Å². The normalized spacial score (nSPS) is 20.8. The number of piperidine rings is 1. The molecule has 0 aliphatic carbocycles. The van der Waals surface area contributed by atoms with Crippen LogP contribution in [0.3, 0.4) is 0 Å². The molecule has 138 valence electrons. The molecule has 0 radical (unpaired) electrons. The molecule has 4 heterocycles. The maximum Gasteiger partial charge on any atom is 0.276 e. The number of amides is 1. The average Bonchev–Trinajstić information content (AvgIpc) is 3.20. The van der Waals surface area contributed by atoms with Gasteiger partial charge in [-0.3, -0.25) is 9.48 Å². The van der Waals surface area contributed by atoms with Crippen molar-refractivity contribution in [3.8, 4) is 0 Å². The Bertz CT molecular complexity index is 750. The van der Waals surface area contributed by atoms with Gasteiger partial charge in [-0.15, -0.1) is 0 Å². The van der Waals surface area contributed by atoms with Crippen molar-refractivity contribution >= 4 is 17.4 Å². The molecule has 8 nitrogen and oxygen atoms in total. The lowest BCUT2D eigenvalue weighted by Crippen LogP contribution is -2.37. The molecule has 2 N–H and O–H groups in total. The number of anilines is 2. The van der Waals surface area contributed by atoms with Crippen LogP contribution in [-0.4, -0.2) is 60.1 Å². The van der Waals surface area contributed by atoms with Crippen molar-refractivity contribution in [2.24, 2.45) is 0 Å². The predicted octanol–water partition coefficient (Wildman–Crippen LogP) is 1.29. The SMILES string of the molecule is O=C(Nc1cccnc1N1CCOCC1)c1ccn(C2CCCNC2)n1. The van der Waals surface area contributed by atoms with Gasteiger partial charge in [-0.1, -0.05) is 0 Å². The Kier molecular flexibility index (Phi) is 5.12. The fourth-order valence-electron chi connectivity index (χ4n) is 3.43. The topological polar surface area (TPSA) is 84.3 Å². The molecule has 26 heavy (non-hydrogen) atoms. The summed E-state index contributed by atoms with van der Waals surface area (Å²) < 4.78 is 7.29. The van der Waals surface area contributed by atoms with Gasteiger partial charge in [-0.05, 0) is 37.6 Å². The van der Waals surface area contributed by atoms with E-state index in [9.17, 15) is 4.79 Å². The minimum atomic E-state index is -0.213. The third-order valence-corrected chi connectivity index (χ3v) is 4.83. The second-order valence-electron chi connectivity index (χ2n) is 6.61. The molecule has 0 spiro atoms. The molecule has 2 aromatic rings. The van der Waals surface area contributed by atoms with Gasteiger partial charge < -0.3 is 20.3 Å². The van der Waals surface area contributed by atoms with Gasteiger partial charge in [0.05, 0.1) is 24.9 Å². The molecule has 2 saturated heterocycles. The third kappa shape index (κ3) is 3.71. The summed E-state index contributed by atoms with van der Waals surface area (Å²) in [7, 11) is 0. The standard InChI is InChI=1S/C18H24N6O2/c25-18(16-5-8-24(22-16)14-3-1-6-19-13-14)21-15-4-2-7-20-17(15)23-9-11-26-12-10-23/h2,4-5,7-8,14,19H,1,3,6,9-13H2,(H,21,25). The summed E-state index contributed by atoms with van der Waals surface area (Å²) in [6.45, 7) is 4.82. The monoisotopic (exact) mass is 356 g/mol. The molecular formula is C18H24N6O2. The number of aromatic nitrogens is 3. The number of hydrogen-bond donors (Lipinski definition) is 2. The van der Waals surface area contributed by atoms with Crippen LogP contribution in [0.4, 0.5) is 11.5 Å². The van der Waals surface area contributed by atoms with Crippen LogP contribution in [0.5, 0.6) is 0 Å². The fourth-order valence-corrected chi connectivity index (χ4v) is 3.43.